The van der Waals surface area contributed by atoms with Gasteiger partial charge in [-0.3, -0.25) is 19.6 Å². The number of rotatable bonds is 11. The zero-order valence-electron chi connectivity index (χ0n) is 21.6. The van der Waals surface area contributed by atoms with Crippen LogP contribution in [0.2, 0.25) is 0 Å². The second-order valence-corrected chi connectivity index (χ2v) is 8.54. The Morgan fingerprint density at radius 1 is 1.13 bits per heavy atom. The summed E-state index contributed by atoms with van der Waals surface area (Å²) >= 11 is 0. The molecule has 4 aromatic rings. The van der Waals surface area contributed by atoms with E-state index in [4.69, 9.17) is 20.9 Å². The molecule has 11 heteroatoms. The van der Waals surface area contributed by atoms with Crippen LogP contribution >= 0.6 is 0 Å². The van der Waals surface area contributed by atoms with Gasteiger partial charge in [-0.2, -0.15) is 5.10 Å². The van der Waals surface area contributed by atoms with Gasteiger partial charge in [-0.05, 0) is 49.7 Å². The molecule has 2 aromatic carbocycles. The lowest BCUT2D eigenvalue weighted by molar-refractivity contribution is 0.0995. The molecule has 11 nitrogen and oxygen atoms in total. The van der Waals surface area contributed by atoms with Gasteiger partial charge in [-0.1, -0.05) is 24.3 Å². The number of nitrogens with zero attached hydrogens (tertiary/aromatic N) is 4. The van der Waals surface area contributed by atoms with Crippen LogP contribution in [0, 0.1) is 6.92 Å². The third-order valence-electron chi connectivity index (χ3n) is 5.90. The number of amides is 2. The molecule has 0 fully saturated rings. The maximum Gasteiger partial charge on any atom is 0.276 e. The van der Waals surface area contributed by atoms with Crippen LogP contribution in [0.1, 0.15) is 39.0 Å². The van der Waals surface area contributed by atoms with Crippen LogP contribution in [0.4, 0.5) is 5.95 Å². The zero-order chi connectivity index (χ0) is 27.2. The van der Waals surface area contributed by atoms with Crippen molar-refractivity contribution in [3.05, 3.63) is 77.1 Å². The van der Waals surface area contributed by atoms with Crippen molar-refractivity contribution in [2.45, 2.75) is 33.5 Å². The van der Waals surface area contributed by atoms with Gasteiger partial charge in [-0.15, -0.1) is 0 Å². The predicted octanol–water partition coefficient (Wildman–Crippen LogP) is 3.01. The molecule has 0 radical (unpaired) electrons. The minimum atomic E-state index is -0.619. The summed E-state index contributed by atoms with van der Waals surface area (Å²) in [6.45, 7) is 5.21. The average molecular weight is 518 g/mol. The highest BCUT2D eigenvalue weighted by atomic mass is 16.5. The lowest BCUT2D eigenvalue weighted by Crippen LogP contribution is -2.20. The summed E-state index contributed by atoms with van der Waals surface area (Å²) in [6, 6.07) is 12.3. The summed E-state index contributed by atoms with van der Waals surface area (Å²) in [5.41, 5.74) is 14.6. The number of imidazole rings is 1. The van der Waals surface area contributed by atoms with Gasteiger partial charge in [0.2, 0.25) is 11.9 Å². The lowest BCUT2D eigenvalue weighted by Gasteiger charge is -2.13. The number of hydrogen-bond acceptors (Lipinski definition) is 7. The van der Waals surface area contributed by atoms with E-state index in [0.29, 0.717) is 42.1 Å². The molecule has 2 aromatic heterocycles. The molecule has 198 valence electrons. The van der Waals surface area contributed by atoms with E-state index in [9.17, 15) is 9.59 Å². The van der Waals surface area contributed by atoms with Crippen molar-refractivity contribution >= 4 is 28.8 Å². The van der Waals surface area contributed by atoms with E-state index in [1.165, 1.54) is 0 Å². The van der Waals surface area contributed by atoms with Gasteiger partial charge in [0.25, 0.3) is 5.91 Å². The molecule has 4 rings (SSSR count). The number of benzene rings is 2. The first-order valence-electron chi connectivity index (χ1n) is 12.1. The summed E-state index contributed by atoms with van der Waals surface area (Å²) in [5, 5.41) is 7.25. The molecule has 0 saturated carbocycles. The Morgan fingerprint density at radius 3 is 2.55 bits per heavy atom. The van der Waals surface area contributed by atoms with E-state index >= 15 is 0 Å². The number of ether oxygens (including phenoxy) is 2. The number of fused-ring (bicyclic) bond motifs is 1. The number of methoxy groups -OCH3 is 1. The first kappa shape index (κ1) is 26.4. The Kier molecular flexibility index (Phi) is 8.07. The van der Waals surface area contributed by atoms with Crippen LogP contribution < -0.4 is 26.3 Å². The second-order valence-electron chi connectivity index (χ2n) is 8.54. The van der Waals surface area contributed by atoms with Gasteiger partial charge >= 0.3 is 0 Å². The Hall–Kier alpha value is -4.64. The first-order chi connectivity index (χ1) is 18.3. The molecule has 0 aliphatic rings. The van der Waals surface area contributed by atoms with Crippen molar-refractivity contribution in [2.75, 3.05) is 19.0 Å². The van der Waals surface area contributed by atoms with Crippen molar-refractivity contribution in [3.63, 3.8) is 0 Å². The van der Waals surface area contributed by atoms with E-state index < -0.39 is 5.91 Å². The minimum absolute atomic E-state index is 0.224. The minimum Gasteiger partial charge on any atom is -0.497 e. The maximum atomic E-state index is 13.2. The van der Waals surface area contributed by atoms with Gasteiger partial charge in [0, 0.05) is 25.2 Å². The highest BCUT2D eigenvalue weighted by molar-refractivity contribution is 6.04. The molecule has 2 amide bonds. The molecule has 0 spiro atoms. The Bertz CT molecular complexity index is 1490. The Balaban J connectivity index is 1.77. The summed E-state index contributed by atoms with van der Waals surface area (Å²) in [4.78, 5) is 29.9. The number of anilines is 1. The SMILES string of the molecule is CCn1nc(C)cc1C(=O)Nc1nc2cc(C(N)=O)cc(OCc3ccc(OC)cc3)c2n1C/C=C/CN. The first-order valence-corrected chi connectivity index (χ1v) is 12.1. The Labute approximate surface area is 220 Å². The largest absolute Gasteiger partial charge is 0.497 e. The van der Waals surface area contributed by atoms with Crippen LogP contribution in [0.25, 0.3) is 11.0 Å². The zero-order valence-corrected chi connectivity index (χ0v) is 21.6. The van der Waals surface area contributed by atoms with Crippen LogP contribution in [-0.2, 0) is 19.7 Å². The van der Waals surface area contributed by atoms with E-state index in [2.05, 4.69) is 15.4 Å². The molecule has 0 saturated heterocycles. The third kappa shape index (κ3) is 5.68. The van der Waals surface area contributed by atoms with Crippen molar-refractivity contribution in [2.24, 2.45) is 11.5 Å². The monoisotopic (exact) mass is 517 g/mol. The van der Waals surface area contributed by atoms with Gasteiger partial charge in [-0.25, -0.2) is 4.98 Å². The smallest absolute Gasteiger partial charge is 0.276 e. The van der Waals surface area contributed by atoms with Gasteiger partial charge in [0.15, 0.2) is 0 Å². The van der Waals surface area contributed by atoms with Crippen molar-refractivity contribution in [1.82, 2.24) is 19.3 Å². The average Bonchev–Trinajstić information content (AvgIpc) is 3.47. The number of allylic oxidation sites excluding steroid dienone is 1. The molecule has 5 N–H and O–H groups in total. The van der Waals surface area contributed by atoms with Gasteiger partial charge < -0.3 is 25.5 Å². The van der Waals surface area contributed by atoms with Gasteiger partial charge in [0.1, 0.15) is 29.3 Å². The maximum absolute atomic E-state index is 13.2. The van der Waals surface area contributed by atoms with E-state index in [-0.39, 0.29) is 24.0 Å². The molecule has 2 heterocycles. The molecular weight excluding hydrogens is 486 g/mol. The number of carbonyl (C=O) groups is 2. The number of primary amides is 1. The van der Waals surface area contributed by atoms with Crippen LogP contribution in [0.3, 0.4) is 0 Å². The van der Waals surface area contributed by atoms with Crippen molar-refractivity contribution in [1.29, 1.82) is 0 Å². The topological polar surface area (TPSA) is 152 Å². The predicted molar refractivity (Wildman–Crippen MR) is 144 cm³/mol. The van der Waals surface area contributed by atoms with Crippen LogP contribution in [0.5, 0.6) is 11.5 Å². The van der Waals surface area contributed by atoms with Crippen LogP contribution in [0.15, 0.2) is 54.6 Å². The highest BCUT2D eigenvalue weighted by Gasteiger charge is 2.21. The molecule has 38 heavy (non-hydrogen) atoms. The number of carbonyl (C=O) groups excluding carboxylic acids is 2. The van der Waals surface area contributed by atoms with Crippen molar-refractivity contribution < 1.29 is 19.1 Å². The highest BCUT2D eigenvalue weighted by Crippen LogP contribution is 2.32. The number of nitrogens with two attached hydrogens (primary N) is 2. The summed E-state index contributed by atoms with van der Waals surface area (Å²) in [7, 11) is 1.60. The molecular formula is C27H31N7O4. The molecule has 0 atom stereocenters. The number of nitrogens with one attached hydrogen (secondary N) is 1. The van der Waals surface area contributed by atoms with E-state index in [1.54, 1.807) is 34.6 Å². The van der Waals surface area contributed by atoms with Crippen LogP contribution in [-0.4, -0.2) is 44.8 Å². The lowest BCUT2D eigenvalue weighted by atomic mass is 10.1. The quantitative estimate of drug-likeness (QED) is 0.259. The van der Waals surface area contributed by atoms with E-state index in [1.807, 2.05) is 50.3 Å². The molecule has 0 aliphatic carbocycles. The fourth-order valence-corrected chi connectivity index (χ4v) is 4.05. The summed E-state index contributed by atoms with van der Waals surface area (Å²) in [6.07, 6.45) is 3.68. The summed E-state index contributed by atoms with van der Waals surface area (Å²) < 4.78 is 14.8. The number of aromatic nitrogens is 4. The molecule has 0 aliphatic heterocycles. The Morgan fingerprint density at radius 2 is 1.89 bits per heavy atom. The van der Waals surface area contributed by atoms with Gasteiger partial charge in [0.05, 0.1) is 18.3 Å². The fourth-order valence-electron chi connectivity index (χ4n) is 4.05. The fraction of sp³-hybridized carbons (Fsp3) is 0.259. The van der Waals surface area contributed by atoms with Crippen molar-refractivity contribution in [3.8, 4) is 11.5 Å². The molecule has 0 bridgehead atoms. The third-order valence-corrected chi connectivity index (χ3v) is 5.90. The number of hydrogen-bond donors (Lipinski definition) is 3. The summed E-state index contributed by atoms with van der Waals surface area (Å²) in [5.74, 6) is 0.436. The second kappa shape index (κ2) is 11.6. The normalized spacial score (nSPS) is 11.3. The number of aryl methyl sites for hydroxylation is 2. The van der Waals surface area contributed by atoms with E-state index in [0.717, 1.165) is 17.0 Å². The standard InChI is InChI=1S/C27H31N7O4/c1-4-34-22(13-17(2)32-34)26(36)31-27-30-21-14-19(25(29)35)15-23(24(21)33(27)12-6-5-11-28)38-16-18-7-9-20(37-3)10-8-18/h5-10,13-15H,4,11-12,16,28H2,1-3H3,(H2,29,35)(H,30,31,36)/b6-5+. The molecule has 0 unspecified atom stereocenters.